The second-order valence-electron chi connectivity index (χ2n) is 4.48. The molecule has 0 unspecified atom stereocenters. The molecular weight excluding hydrogens is 214 g/mol. The monoisotopic (exact) mass is 237 g/mol. The summed E-state index contributed by atoms with van der Waals surface area (Å²) in [5.74, 6) is 2.60. The Labute approximate surface area is 104 Å². The lowest BCUT2D eigenvalue weighted by molar-refractivity contribution is -0.131. The van der Waals surface area contributed by atoms with E-state index < -0.39 is 0 Å². The van der Waals surface area contributed by atoms with Gasteiger partial charge in [-0.1, -0.05) is 12.8 Å². The van der Waals surface area contributed by atoms with Crippen LogP contribution in [0.3, 0.4) is 0 Å². The van der Waals surface area contributed by atoms with E-state index in [4.69, 9.17) is 6.42 Å². The maximum atomic E-state index is 11.8. The average molecular weight is 237 g/mol. The van der Waals surface area contributed by atoms with Gasteiger partial charge in [-0.3, -0.25) is 10.1 Å². The van der Waals surface area contributed by atoms with Crippen molar-refractivity contribution in [3.8, 4) is 12.3 Å². The predicted molar refractivity (Wildman–Crippen MR) is 69.6 cm³/mol. The number of rotatable bonds is 5. The maximum absolute atomic E-state index is 11.8. The predicted octanol–water partition coefficient (Wildman–Crippen LogP) is 0.152. The molecule has 0 saturated carbocycles. The first-order valence-electron chi connectivity index (χ1n) is 6.31. The van der Waals surface area contributed by atoms with Crippen molar-refractivity contribution in [3.63, 3.8) is 0 Å². The number of hydrogen-bond donors (Lipinski definition) is 1. The topological polar surface area (TPSA) is 35.6 Å². The van der Waals surface area contributed by atoms with Gasteiger partial charge < -0.3 is 9.80 Å². The van der Waals surface area contributed by atoms with Crippen molar-refractivity contribution >= 4 is 5.91 Å². The van der Waals surface area contributed by atoms with E-state index in [0.29, 0.717) is 19.1 Å². The van der Waals surface area contributed by atoms with E-state index >= 15 is 0 Å². The average Bonchev–Trinajstić information content (AvgIpc) is 2.38. The molecule has 0 spiro atoms. The van der Waals surface area contributed by atoms with E-state index in [0.717, 1.165) is 32.5 Å². The van der Waals surface area contributed by atoms with E-state index in [1.165, 1.54) is 0 Å². The molecule has 0 radical (unpaired) electrons. The third-order valence-electron chi connectivity index (χ3n) is 3.45. The zero-order chi connectivity index (χ0) is 12.7. The summed E-state index contributed by atoms with van der Waals surface area (Å²) in [6, 6.07) is 0.387. The summed E-state index contributed by atoms with van der Waals surface area (Å²) in [5, 5.41) is 2.94. The number of nitrogens with one attached hydrogen (secondary N) is 1. The van der Waals surface area contributed by atoms with Crippen molar-refractivity contribution < 1.29 is 4.79 Å². The fourth-order valence-corrected chi connectivity index (χ4v) is 2.19. The van der Waals surface area contributed by atoms with Crippen molar-refractivity contribution in [1.82, 2.24) is 15.1 Å². The fourth-order valence-electron chi connectivity index (χ4n) is 2.19. The molecule has 0 bridgehead atoms. The molecule has 96 valence electrons. The van der Waals surface area contributed by atoms with Gasteiger partial charge in [0.15, 0.2) is 0 Å². The van der Waals surface area contributed by atoms with Crippen molar-refractivity contribution in [3.05, 3.63) is 0 Å². The van der Waals surface area contributed by atoms with E-state index in [1.54, 1.807) is 0 Å². The van der Waals surface area contributed by atoms with Crippen molar-refractivity contribution in [1.29, 1.82) is 0 Å². The second kappa shape index (κ2) is 7.31. The lowest BCUT2D eigenvalue weighted by atomic mass is 10.0. The number of carbonyl (C=O) groups is 1. The Hall–Kier alpha value is -1.05. The first kappa shape index (κ1) is 14.0. The molecule has 0 atom stereocenters. The summed E-state index contributed by atoms with van der Waals surface area (Å²) >= 11 is 0. The molecule has 1 amide bonds. The van der Waals surface area contributed by atoms with Gasteiger partial charge in [-0.2, -0.15) is 0 Å². The Morgan fingerprint density at radius 2 is 2.18 bits per heavy atom. The smallest absolute Gasteiger partial charge is 0.236 e. The van der Waals surface area contributed by atoms with Crippen molar-refractivity contribution in [2.45, 2.75) is 25.8 Å². The van der Waals surface area contributed by atoms with Gasteiger partial charge in [0.2, 0.25) is 5.91 Å². The Morgan fingerprint density at radius 3 is 2.71 bits per heavy atom. The normalized spacial score (nSPS) is 17.7. The van der Waals surface area contributed by atoms with Crippen LogP contribution in [0.2, 0.25) is 0 Å². The van der Waals surface area contributed by atoms with Crippen molar-refractivity contribution in [2.24, 2.45) is 0 Å². The molecule has 0 aromatic heterocycles. The SMILES string of the molecule is C#CCNCC(=O)N(C)C1CCN(CC)CC1. The minimum atomic E-state index is 0.134. The molecule has 1 saturated heterocycles. The van der Waals surface area contributed by atoms with Crippen LogP contribution in [0.15, 0.2) is 0 Å². The Balaban J connectivity index is 2.30. The lowest BCUT2D eigenvalue weighted by Crippen LogP contribution is -2.47. The molecule has 4 heteroatoms. The quantitative estimate of drug-likeness (QED) is 0.546. The molecule has 0 aromatic rings. The summed E-state index contributed by atoms with van der Waals surface area (Å²) in [6.07, 6.45) is 7.27. The third kappa shape index (κ3) is 4.37. The number of terminal acetylenes is 1. The molecule has 1 aliphatic heterocycles. The highest BCUT2D eigenvalue weighted by molar-refractivity contribution is 5.78. The highest BCUT2D eigenvalue weighted by Crippen LogP contribution is 2.14. The zero-order valence-corrected chi connectivity index (χ0v) is 10.9. The summed E-state index contributed by atoms with van der Waals surface area (Å²) < 4.78 is 0. The first-order chi connectivity index (χ1) is 8.19. The molecule has 17 heavy (non-hydrogen) atoms. The number of hydrogen-bond acceptors (Lipinski definition) is 3. The van der Waals surface area contributed by atoms with E-state index in [2.05, 4.69) is 23.1 Å². The van der Waals surface area contributed by atoms with Crippen LogP contribution in [0.5, 0.6) is 0 Å². The van der Waals surface area contributed by atoms with Gasteiger partial charge in [-0.15, -0.1) is 6.42 Å². The van der Waals surface area contributed by atoms with E-state index in [9.17, 15) is 4.79 Å². The van der Waals surface area contributed by atoms with Gasteiger partial charge in [0.25, 0.3) is 0 Å². The van der Waals surface area contributed by atoms with Crippen LogP contribution in [-0.2, 0) is 4.79 Å². The van der Waals surface area contributed by atoms with Crippen LogP contribution in [0, 0.1) is 12.3 Å². The Morgan fingerprint density at radius 1 is 1.53 bits per heavy atom. The van der Waals surface area contributed by atoms with Gasteiger partial charge in [-0.25, -0.2) is 0 Å². The van der Waals surface area contributed by atoms with Gasteiger partial charge >= 0.3 is 0 Å². The molecule has 1 fully saturated rings. The highest BCUT2D eigenvalue weighted by Gasteiger charge is 2.24. The number of amides is 1. The molecule has 1 heterocycles. The van der Waals surface area contributed by atoms with Gasteiger partial charge in [0.05, 0.1) is 13.1 Å². The minimum Gasteiger partial charge on any atom is -0.342 e. The second-order valence-corrected chi connectivity index (χ2v) is 4.48. The first-order valence-corrected chi connectivity index (χ1v) is 6.31. The molecule has 1 rings (SSSR count). The van der Waals surface area contributed by atoms with Gasteiger partial charge in [-0.05, 0) is 19.4 Å². The number of carbonyl (C=O) groups excluding carboxylic acids is 1. The third-order valence-corrected chi connectivity index (χ3v) is 3.45. The summed E-state index contributed by atoms with van der Waals surface area (Å²) in [4.78, 5) is 16.1. The van der Waals surface area contributed by atoms with Crippen LogP contribution >= 0.6 is 0 Å². The van der Waals surface area contributed by atoms with Crippen LogP contribution < -0.4 is 5.32 Å². The van der Waals surface area contributed by atoms with E-state index in [-0.39, 0.29) is 5.91 Å². The molecule has 0 aromatic carbocycles. The molecule has 1 aliphatic rings. The standard InChI is InChI=1S/C13H23N3O/c1-4-8-14-11-13(17)15(3)12-6-9-16(5-2)10-7-12/h1,12,14H,5-11H2,2-3H3. The van der Waals surface area contributed by atoms with Crippen molar-refractivity contribution in [2.75, 3.05) is 39.8 Å². The largest absolute Gasteiger partial charge is 0.342 e. The van der Waals surface area contributed by atoms with Gasteiger partial charge in [0, 0.05) is 26.2 Å². The molecule has 1 N–H and O–H groups in total. The summed E-state index contributed by atoms with van der Waals surface area (Å²) in [7, 11) is 1.90. The Kier molecular flexibility index (Phi) is 6.03. The zero-order valence-electron chi connectivity index (χ0n) is 10.9. The Bertz CT molecular complexity index is 277. The van der Waals surface area contributed by atoms with Crippen LogP contribution in [-0.4, -0.2) is 61.5 Å². The summed E-state index contributed by atoms with van der Waals surface area (Å²) in [6.45, 7) is 6.27. The fraction of sp³-hybridized carbons (Fsp3) is 0.769. The number of likely N-dealkylation sites (N-methyl/N-ethyl adjacent to an activating group) is 1. The van der Waals surface area contributed by atoms with Crippen LogP contribution in [0.25, 0.3) is 0 Å². The lowest BCUT2D eigenvalue weighted by Gasteiger charge is -2.36. The molecular formula is C13H23N3O. The highest BCUT2D eigenvalue weighted by atomic mass is 16.2. The summed E-state index contributed by atoms with van der Waals surface area (Å²) in [5.41, 5.74) is 0. The number of nitrogens with zero attached hydrogens (tertiary/aromatic N) is 2. The number of likely N-dealkylation sites (tertiary alicyclic amines) is 1. The van der Waals surface area contributed by atoms with E-state index in [1.807, 2.05) is 11.9 Å². The minimum absolute atomic E-state index is 0.134. The van der Waals surface area contributed by atoms with Crippen LogP contribution in [0.1, 0.15) is 19.8 Å². The molecule has 4 nitrogen and oxygen atoms in total. The number of piperidine rings is 1. The van der Waals surface area contributed by atoms with Gasteiger partial charge in [0.1, 0.15) is 0 Å². The van der Waals surface area contributed by atoms with Crippen LogP contribution in [0.4, 0.5) is 0 Å². The molecule has 0 aliphatic carbocycles. The maximum Gasteiger partial charge on any atom is 0.236 e.